The normalized spacial score (nSPS) is 13.8. The van der Waals surface area contributed by atoms with E-state index in [-0.39, 0.29) is 36.8 Å². The molecule has 0 N–H and O–H groups in total. The second kappa shape index (κ2) is 8.06. The van der Waals surface area contributed by atoms with Gasteiger partial charge in [-0.05, 0) is 46.1 Å². The molecule has 2 rings (SSSR count). The minimum Gasteiger partial charge on any atom is -0.461 e. The van der Waals surface area contributed by atoms with Gasteiger partial charge in [0.25, 0.3) is 0 Å². The van der Waals surface area contributed by atoms with Gasteiger partial charge < -0.3 is 14.2 Å². The van der Waals surface area contributed by atoms with Crippen LogP contribution in [0.2, 0.25) is 0 Å². The van der Waals surface area contributed by atoms with Crippen LogP contribution in [0.25, 0.3) is 0 Å². The minimum atomic E-state index is -0.411. The van der Waals surface area contributed by atoms with Crippen molar-refractivity contribution in [3.8, 4) is 0 Å². The van der Waals surface area contributed by atoms with E-state index in [1.807, 2.05) is 32.3 Å². The van der Waals surface area contributed by atoms with Crippen LogP contribution in [0.4, 0.5) is 0 Å². The number of nitrogens with zero attached hydrogens (tertiary/aromatic N) is 2. The summed E-state index contributed by atoms with van der Waals surface area (Å²) in [7, 11) is 0. The van der Waals surface area contributed by atoms with Gasteiger partial charge in [0, 0.05) is 29.8 Å². The molecule has 1 heterocycles. The molecule has 0 atom stereocenters. The summed E-state index contributed by atoms with van der Waals surface area (Å²) < 4.78 is 6.99. The van der Waals surface area contributed by atoms with Crippen LogP contribution in [0.3, 0.4) is 0 Å². The lowest BCUT2D eigenvalue weighted by atomic mass is 10.0. The Morgan fingerprint density at radius 2 is 1.81 bits per heavy atom. The van der Waals surface area contributed by atoms with Gasteiger partial charge in [-0.2, -0.15) is 0 Å². The van der Waals surface area contributed by atoms with Crippen molar-refractivity contribution in [1.82, 2.24) is 9.47 Å². The number of esters is 1. The SMILES string of the molecule is CCOC(=O)c1c(C)c(C(=O)CN(C(=O)C(C)C)C2CC2)c(C)n1CC. The number of carbonyl (C=O) groups is 3. The predicted molar refractivity (Wildman–Crippen MR) is 99.4 cm³/mol. The second-order valence-corrected chi connectivity index (χ2v) is 7.17. The fourth-order valence-corrected chi connectivity index (χ4v) is 3.50. The molecular weight excluding hydrogens is 332 g/mol. The summed E-state index contributed by atoms with van der Waals surface area (Å²) in [5.74, 6) is -0.650. The molecule has 0 saturated heterocycles. The quantitative estimate of drug-likeness (QED) is 0.526. The summed E-state index contributed by atoms with van der Waals surface area (Å²) in [6.07, 6.45) is 1.90. The summed E-state index contributed by atoms with van der Waals surface area (Å²) in [6.45, 7) is 12.0. The van der Waals surface area contributed by atoms with Crippen LogP contribution in [-0.2, 0) is 16.1 Å². The first-order chi connectivity index (χ1) is 12.2. The molecule has 0 aromatic carbocycles. The molecule has 0 bridgehead atoms. The molecule has 1 amide bonds. The Morgan fingerprint density at radius 1 is 1.19 bits per heavy atom. The van der Waals surface area contributed by atoms with Crippen LogP contribution in [0.15, 0.2) is 0 Å². The van der Waals surface area contributed by atoms with E-state index in [0.717, 1.165) is 18.5 Å². The van der Waals surface area contributed by atoms with Crippen molar-refractivity contribution in [3.63, 3.8) is 0 Å². The third kappa shape index (κ3) is 3.84. The molecule has 144 valence electrons. The number of hydrogen-bond donors (Lipinski definition) is 0. The summed E-state index contributed by atoms with van der Waals surface area (Å²) >= 11 is 0. The highest BCUT2D eigenvalue weighted by atomic mass is 16.5. The van der Waals surface area contributed by atoms with Crippen LogP contribution < -0.4 is 0 Å². The van der Waals surface area contributed by atoms with Gasteiger partial charge in [0.15, 0.2) is 5.78 Å². The van der Waals surface area contributed by atoms with Crippen molar-refractivity contribution in [1.29, 1.82) is 0 Å². The highest BCUT2D eigenvalue weighted by Crippen LogP contribution is 2.30. The number of carbonyl (C=O) groups excluding carboxylic acids is 3. The monoisotopic (exact) mass is 362 g/mol. The fraction of sp³-hybridized carbons (Fsp3) is 0.650. The molecule has 26 heavy (non-hydrogen) atoms. The van der Waals surface area contributed by atoms with Crippen LogP contribution in [0, 0.1) is 19.8 Å². The van der Waals surface area contributed by atoms with Gasteiger partial charge in [0.05, 0.1) is 13.2 Å². The van der Waals surface area contributed by atoms with E-state index < -0.39 is 5.97 Å². The third-order valence-electron chi connectivity index (χ3n) is 4.91. The highest BCUT2D eigenvalue weighted by molar-refractivity contribution is 6.04. The van der Waals surface area contributed by atoms with E-state index in [2.05, 4.69) is 0 Å². The number of ketones is 1. The van der Waals surface area contributed by atoms with Gasteiger partial charge in [0.1, 0.15) is 5.69 Å². The molecule has 0 spiro atoms. The molecule has 1 aliphatic rings. The molecule has 1 aromatic heterocycles. The molecule has 0 unspecified atom stereocenters. The maximum absolute atomic E-state index is 13.1. The molecule has 1 aromatic rings. The lowest BCUT2D eigenvalue weighted by molar-refractivity contribution is -0.134. The van der Waals surface area contributed by atoms with Gasteiger partial charge in [-0.25, -0.2) is 4.79 Å². The average molecular weight is 362 g/mol. The van der Waals surface area contributed by atoms with Crippen molar-refractivity contribution in [2.45, 2.75) is 67.0 Å². The first kappa shape index (κ1) is 20.2. The molecule has 6 nitrogen and oxygen atoms in total. The maximum Gasteiger partial charge on any atom is 0.355 e. The topological polar surface area (TPSA) is 68.6 Å². The Kier molecular flexibility index (Phi) is 6.26. The zero-order chi connectivity index (χ0) is 19.6. The number of rotatable bonds is 8. The number of aromatic nitrogens is 1. The molecule has 1 fully saturated rings. The van der Waals surface area contributed by atoms with Crippen molar-refractivity contribution in [2.24, 2.45) is 5.92 Å². The molecule has 0 radical (unpaired) electrons. The van der Waals surface area contributed by atoms with Crippen LogP contribution in [-0.4, -0.2) is 46.3 Å². The van der Waals surface area contributed by atoms with E-state index in [1.54, 1.807) is 18.7 Å². The van der Waals surface area contributed by atoms with Gasteiger partial charge in [-0.15, -0.1) is 0 Å². The largest absolute Gasteiger partial charge is 0.461 e. The number of amides is 1. The van der Waals surface area contributed by atoms with Crippen molar-refractivity contribution >= 4 is 17.7 Å². The Morgan fingerprint density at radius 3 is 2.27 bits per heavy atom. The van der Waals surface area contributed by atoms with E-state index >= 15 is 0 Å². The number of ether oxygens (including phenoxy) is 1. The van der Waals surface area contributed by atoms with Crippen LogP contribution in [0.5, 0.6) is 0 Å². The Labute approximate surface area is 155 Å². The lowest BCUT2D eigenvalue weighted by Crippen LogP contribution is -2.40. The summed E-state index contributed by atoms with van der Waals surface area (Å²) in [5.41, 5.74) is 2.37. The zero-order valence-corrected chi connectivity index (χ0v) is 16.7. The van der Waals surface area contributed by atoms with Gasteiger partial charge in [0.2, 0.25) is 5.91 Å². The lowest BCUT2D eigenvalue weighted by Gasteiger charge is -2.23. The highest BCUT2D eigenvalue weighted by Gasteiger charge is 2.36. The van der Waals surface area contributed by atoms with E-state index in [9.17, 15) is 14.4 Å². The second-order valence-electron chi connectivity index (χ2n) is 7.17. The number of hydrogen-bond acceptors (Lipinski definition) is 4. The first-order valence-electron chi connectivity index (χ1n) is 9.44. The summed E-state index contributed by atoms with van der Waals surface area (Å²) in [6, 6.07) is 0.173. The predicted octanol–water partition coefficient (Wildman–Crippen LogP) is 3.13. The molecule has 1 aliphatic carbocycles. The third-order valence-corrected chi connectivity index (χ3v) is 4.91. The Hall–Kier alpha value is -2.11. The van der Waals surface area contributed by atoms with E-state index in [0.29, 0.717) is 23.4 Å². The molecular formula is C20H30N2O4. The maximum atomic E-state index is 13.1. The Balaban J connectivity index is 2.36. The van der Waals surface area contributed by atoms with Gasteiger partial charge in [-0.3, -0.25) is 9.59 Å². The standard InChI is InChI=1S/C20H30N2O4/c1-7-21-14(6)17(13(5)18(21)20(25)26-8-2)16(23)11-22(15-9-10-15)19(24)12(3)4/h12,15H,7-11H2,1-6H3. The first-order valence-corrected chi connectivity index (χ1v) is 9.44. The van der Waals surface area contributed by atoms with Gasteiger partial charge in [-0.1, -0.05) is 13.8 Å². The van der Waals surface area contributed by atoms with Crippen LogP contribution >= 0.6 is 0 Å². The molecule has 0 aliphatic heterocycles. The summed E-state index contributed by atoms with van der Waals surface area (Å²) in [5, 5.41) is 0. The average Bonchev–Trinajstić information content (AvgIpc) is 3.37. The minimum absolute atomic E-state index is 0.0108. The van der Waals surface area contributed by atoms with E-state index in [1.165, 1.54) is 0 Å². The van der Waals surface area contributed by atoms with Crippen molar-refractivity contribution in [3.05, 3.63) is 22.5 Å². The summed E-state index contributed by atoms with van der Waals surface area (Å²) in [4.78, 5) is 39.6. The zero-order valence-electron chi connectivity index (χ0n) is 16.7. The fourth-order valence-electron chi connectivity index (χ4n) is 3.50. The molecule has 6 heteroatoms. The van der Waals surface area contributed by atoms with Crippen LogP contribution in [0.1, 0.15) is 72.6 Å². The van der Waals surface area contributed by atoms with E-state index in [4.69, 9.17) is 4.74 Å². The molecule has 1 saturated carbocycles. The van der Waals surface area contributed by atoms with Crippen molar-refractivity contribution < 1.29 is 19.1 Å². The van der Waals surface area contributed by atoms with Crippen molar-refractivity contribution in [2.75, 3.05) is 13.2 Å². The van der Waals surface area contributed by atoms with Gasteiger partial charge >= 0.3 is 5.97 Å². The smallest absolute Gasteiger partial charge is 0.355 e. The number of Topliss-reactive ketones (excluding diaryl/α,β-unsaturated/α-hetero) is 1. The Bertz CT molecular complexity index is 714.